The normalized spacial score (nSPS) is 13.7. The Kier molecular flexibility index (Phi) is 5.93. The van der Waals surface area contributed by atoms with Gasteiger partial charge in [-0.2, -0.15) is 0 Å². The van der Waals surface area contributed by atoms with Crippen molar-refractivity contribution in [3.63, 3.8) is 0 Å². The van der Waals surface area contributed by atoms with Gasteiger partial charge in [0.05, 0.1) is 12.7 Å². The van der Waals surface area contributed by atoms with E-state index in [1.165, 1.54) is 0 Å². The highest BCUT2D eigenvalue weighted by Crippen LogP contribution is 1.93. The molecule has 0 rings (SSSR count). The quantitative estimate of drug-likeness (QED) is 0.436. The summed E-state index contributed by atoms with van der Waals surface area (Å²) in [5.41, 5.74) is 0. The van der Waals surface area contributed by atoms with Gasteiger partial charge in [0, 0.05) is 0 Å². The minimum absolute atomic E-state index is 0.121. The molecule has 0 aromatic rings. The van der Waals surface area contributed by atoms with E-state index in [1.54, 1.807) is 0 Å². The van der Waals surface area contributed by atoms with Gasteiger partial charge in [-0.3, -0.25) is 0 Å². The first-order valence-electron chi connectivity index (χ1n) is 3.24. The number of hydrogen-bond acceptors (Lipinski definition) is 3. The maximum Gasteiger partial charge on any atom is 0.0771 e. The molecule has 0 bridgehead atoms. The lowest BCUT2D eigenvalue weighted by molar-refractivity contribution is 0.0867. The molecule has 3 heteroatoms. The van der Waals surface area contributed by atoms with Crippen molar-refractivity contribution in [1.82, 2.24) is 5.32 Å². The summed E-state index contributed by atoms with van der Waals surface area (Å²) in [4.78, 5) is 0. The van der Waals surface area contributed by atoms with E-state index in [9.17, 15) is 0 Å². The Morgan fingerprint density at radius 3 is 2.67 bits per heavy atom. The van der Waals surface area contributed by atoms with Crippen molar-refractivity contribution in [2.45, 2.75) is 18.9 Å². The summed E-state index contributed by atoms with van der Waals surface area (Å²) in [5.74, 6) is 0. The van der Waals surface area contributed by atoms with E-state index in [-0.39, 0.29) is 6.61 Å². The molecule has 0 heterocycles. The van der Waals surface area contributed by atoms with Crippen LogP contribution in [0.5, 0.6) is 0 Å². The number of aliphatic hydroxyl groups is 2. The van der Waals surface area contributed by atoms with Crippen LogP contribution in [0.25, 0.3) is 0 Å². The maximum atomic E-state index is 8.81. The summed E-state index contributed by atoms with van der Waals surface area (Å²) >= 11 is 0. The van der Waals surface area contributed by atoms with Gasteiger partial charge in [-0.25, -0.2) is 0 Å². The van der Waals surface area contributed by atoms with Gasteiger partial charge in [-0.05, 0) is 26.4 Å². The van der Waals surface area contributed by atoms with Crippen molar-refractivity contribution in [3.8, 4) is 0 Å². The molecular weight excluding hydrogens is 118 g/mol. The molecule has 0 aromatic heterocycles. The fourth-order valence-corrected chi connectivity index (χ4v) is 0.606. The Hall–Kier alpha value is -0.120. The molecular formula is C6H15NO2. The van der Waals surface area contributed by atoms with E-state index in [0.29, 0.717) is 6.42 Å². The van der Waals surface area contributed by atoms with Gasteiger partial charge in [0.2, 0.25) is 0 Å². The first-order valence-corrected chi connectivity index (χ1v) is 3.24. The molecule has 1 unspecified atom stereocenters. The van der Waals surface area contributed by atoms with Crippen molar-refractivity contribution >= 4 is 0 Å². The molecule has 0 saturated carbocycles. The second kappa shape index (κ2) is 6.01. The van der Waals surface area contributed by atoms with Crippen LogP contribution in [0.2, 0.25) is 0 Å². The Balaban J connectivity index is 2.88. The van der Waals surface area contributed by atoms with Crippen LogP contribution in [0.15, 0.2) is 0 Å². The Morgan fingerprint density at radius 1 is 1.56 bits per heavy atom. The zero-order chi connectivity index (χ0) is 7.11. The molecule has 0 saturated heterocycles. The molecule has 9 heavy (non-hydrogen) atoms. The molecule has 0 aromatic carbocycles. The minimum atomic E-state index is -0.529. The fourth-order valence-electron chi connectivity index (χ4n) is 0.606. The van der Waals surface area contributed by atoms with E-state index in [1.807, 2.05) is 7.05 Å². The van der Waals surface area contributed by atoms with Crippen molar-refractivity contribution in [3.05, 3.63) is 0 Å². The molecule has 0 amide bonds. The second-order valence-electron chi connectivity index (χ2n) is 2.08. The molecule has 0 fully saturated rings. The highest BCUT2D eigenvalue weighted by molar-refractivity contribution is 4.52. The molecule has 1 atom stereocenters. The maximum absolute atomic E-state index is 8.81. The number of aliphatic hydroxyl groups excluding tert-OH is 2. The summed E-state index contributed by atoms with van der Waals surface area (Å²) in [6, 6.07) is 0. The van der Waals surface area contributed by atoms with Crippen LogP contribution >= 0.6 is 0 Å². The monoisotopic (exact) mass is 133 g/mol. The van der Waals surface area contributed by atoms with Crippen LogP contribution < -0.4 is 5.32 Å². The lowest BCUT2D eigenvalue weighted by Crippen LogP contribution is -2.15. The molecule has 0 aliphatic rings. The predicted octanol–water partition coefficient (Wildman–Crippen LogP) is -0.661. The van der Waals surface area contributed by atoms with Crippen molar-refractivity contribution in [2.75, 3.05) is 20.2 Å². The van der Waals surface area contributed by atoms with Crippen LogP contribution in [0, 0.1) is 0 Å². The van der Waals surface area contributed by atoms with Gasteiger partial charge in [-0.15, -0.1) is 0 Å². The Labute approximate surface area is 55.7 Å². The molecule has 56 valence electrons. The Bertz CT molecular complexity index is 59.0. The van der Waals surface area contributed by atoms with E-state index < -0.39 is 6.10 Å². The second-order valence-corrected chi connectivity index (χ2v) is 2.08. The third-order valence-electron chi connectivity index (χ3n) is 1.17. The molecule has 0 radical (unpaired) electrons. The summed E-state index contributed by atoms with van der Waals surface area (Å²) < 4.78 is 0. The SMILES string of the molecule is CNCCCC(O)CO. The van der Waals surface area contributed by atoms with Crippen LogP contribution in [0.1, 0.15) is 12.8 Å². The van der Waals surface area contributed by atoms with Gasteiger partial charge in [0.15, 0.2) is 0 Å². The van der Waals surface area contributed by atoms with Gasteiger partial charge in [-0.1, -0.05) is 0 Å². The largest absolute Gasteiger partial charge is 0.394 e. The first-order chi connectivity index (χ1) is 4.31. The smallest absolute Gasteiger partial charge is 0.0771 e. The lowest BCUT2D eigenvalue weighted by atomic mass is 10.2. The van der Waals surface area contributed by atoms with E-state index >= 15 is 0 Å². The van der Waals surface area contributed by atoms with Crippen molar-refractivity contribution in [1.29, 1.82) is 0 Å². The zero-order valence-electron chi connectivity index (χ0n) is 5.80. The fraction of sp³-hybridized carbons (Fsp3) is 1.00. The van der Waals surface area contributed by atoms with Gasteiger partial charge in [0.1, 0.15) is 0 Å². The van der Waals surface area contributed by atoms with Crippen molar-refractivity contribution in [2.24, 2.45) is 0 Å². The minimum Gasteiger partial charge on any atom is -0.394 e. The van der Waals surface area contributed by atoms with E-state index in [4.69, 9.17) is 10.2 Å². The third kappa shape index (κ3) is 5.76. The average Bonchev–Trinajstić information content (AvgIpc) is 1.89. The van der Waals surface area contributed by atoms with E-state index in [0.717, 1.165) is 13.0 Å². The van der Waals surface area contributed by atoms with Gasteiger partial charge >= 0.3 is 0 Å². The average molecular weight is 133 g/mol. The molecule has 0 spiro atoms. The molecule has 3 nitrogen and oxygen atoms in total. The Morgan fingerprint density at radius 2 is 2.22 bits per heavy atom. The number of nitrogens with one attached hydrogen (secondary N) is 1. The zero-order valence-corrected chi connectivity index (χ0v) is 5.80. The van der Waals surface area contributed by atoms with Crippen molar-refractivity contribution < 1.29 is 10.2 Å². The van der Waals surface area contributed by atoms with Crippen LogP contribution in [0.4, 0.5) is 0 Å². The van der Waals surface area contributed by atoms with Gasteiger partial charge in [0.25, 0.3) is 0 Å². The number of rotatable bonds is 5. The standard InChI is InChI=1S/C6H15NO2/c1-7-4-2-3-6(9)5-8/h6-9H,2-5H2,1H3. The highest BCUT2D eigenvalue weighted by Gasteiger charge is 1.98. The summed E-state index contributed by atoms with van der Waals surface area (Å²) in [5, 5.41) is 20.1. The molecule has 0 aliphatic heterocycles. The number of hydrogen-bond donors (Lipinski definition) is 3. The lowest BCUT2D eigenvalue weighted by Gasteiger charge is -2.04. The van der Waals surface area contributed by atoms with Crippen LogP contribution in [-0.4, -0.2) is 36.5 Å². The third-order valence-corrected chi connectivity index (χ3v) is 1.17. The highest BCUT2D eigenvalue weighted by atomic mass is 16.3. The van der Waals surface area contributed by atoms with Crippen LogP contribution in [-0.2, 0) is 0 Å². The van der Waals surface area contributed by atoms with Crippen LogP contribution in [0.3, 0.4) is 0 Å². The summed E-state index contributed by atoms with van der Waals surface area (Å²) in [6.07, 6.45) is 1.06. The predicted molar refractivity (Wildman–Crippen MR) is 36.3 cm³/mol. The first kappa shape index (κ1) is 8.88. The topological polar surface area (TPSA) is 52.5 Å². The van der Waals surface area contributed by atoms with E-state index in [2.05, 4.69) is 5.32 Å². The van der Waals surface area contributed by atoms with Gasteiger partial charge < -0.3 is 15.5 Å². The molecule has 3 N–H and O–H groups in total. The molecule has 0 aliphatic carbocycles. The summed E-state index contributed by atoms with van der Waals surface area (Å²) in [7, 11) is 1.87. The summed E-state index contributed by atoms with van der Waals surface area (Å²) in [6.45, 7) is 0.779.